The molecule has 0 bridgehead atoms. The maximum atomic E-state index is 12.7. The first-order valence-electron chi connectivity index (χ1n) is 10.0. The van der Waals surface area contributed by atoms with Gasteiger partial charge in [-0.1, -0.05) is 13.0 Å². The molecule has 1 atom stereocenters. The Bertz CT molecular complexity index is 796. The van der Waals surface area contributed by atoms with Crippen LogP contribution in [0.15, 0.2) is 42.5 Å². The highest BCUT2D eigenvalue weighted by atomic mass is 16.5. The molecule has 0 saturated carbocycles. The molecule has 1 N–H and O–H groups in total. The number of hydrogen-bond acceptors (Lipinski definition) is 4. The van der Waals surface area contributed by atoms with Crippen molar-refractivity contribution in [2.45, 2.75) is 33.3 Å². The predicted molar refractivity (Wildman–Crippen MR) is 115 cm³/mol. The smallest absolute Gasteiger partial charge is 0.265 e. The van der Waals surface area contributed by atoms with E-state index in [1.54, 1.807) is 0 Å². The number of nitrogens with zero attached hydrogens (tertiary/aromatic N) is 2. The predicted octanol–water partition coefficient (Wildman–Crippen LogP) is 3.85. The number of nitrogens with one attached hydrogen (secondary N) is 1. The molecule has 3 rings (SSSR count). The lowest BCUT2D eigenvalue weighted by Gasteiger charge is -2.34. The summed E-state index contributed by atoms with van der Waals surface area (Å²) >= 11 is 0. The van der Waals surface area contributed by atoms with Gasteiger partial charge in [0, 0.05) is 37.6 Å². The lowest BCUT2D eigenvalue weighted by atomic mass is 10.1. The van der Waals surface area contributed by atoms with Crippen molar-refractivity contribution in [3.8, 4) is 5.75 Å². The van der Waals surface area contributed by atoms with Gasteiger partial charge in [-0.05, 0) is 74.8 Å². The van der Waals surface area contributed by atoms with E-state index in [0.717, 1.165) is 43.2 Å². The zero-order valence-electron chi connectivity index (χ0n) is 17.4. The molecule has 2 aromatic rings. The van der Waals surface area contributed by atoms with E-state index in [2.05, 4.69) is 41.2 Å². The average molecular weight is 382 g/mol. The molecule has 150 valence electrons. The van der Waals surface area contributed by atoms with E-state index in [9.17, 15) is 4.79 Å². The number of ether oxygens (including phenoxy) is 1. The van der Waals surface area contributed by atoms with Gasteiger partial charge in [-0.25, -0.2) is 0 Å². The molecule has 0 spiro atoms. The van der Waals surface area contributed by atoms with Crippen LogP contribution in [0.4, 0.5) is 11.4 Å². The third-order valence-corrected chi connectivity index (χ3v) is 5.42. The van der Waals surface area contributed by atoms with Crippen LogP contribution < -0.4 is 15.0 Å². The fraction of sp³-hybridized carbons (Fsp3) is 0.435. The highest BCUT2D eigenvalue weighted by Crippen LogP contribution is 2.21. The van der Waals surface area contributed by atoms with E-state index in [1.165, 1.54) is 11.3 Å². The van der Waals surface area contributed by atoms with Crippen LogP contribution in [0.3, 0.4) is 0 Å². The van der Waals surface area contributed by atoms with E-state index >= 15 is 0 Å². The van der Waals surface area contributed by atoms with Crippen LogP contribution in [0.25, 0.3) is 0 Å². The van der Waals surface area contributed by atoms with Crippen molar-refractivity contribution in [3.05, 3.63) is 53.6 Å². The first-order valence-corrected chi connectivity index (χ1v) is 10.0. The average Bonchev–Trinajstić information content (AvgIpc) is 2.70. The molecule has 28 heavy (non-hydrogen) atoms. The van der Waals surface area contributed by atoms with Crippen molar-refractivity contribution in [1.29, 1.82) is 0 Å². The molecule has 0 radical (unpaired) electrons. The number of likely N-dealkylation sites (N-methyl/N-ethyl adjacent to an activating group) is 1. The summed E-state index contributed by atoms with van der Waals surface area (Å²) in [5, 5.41) is 2.99. The summed E-state index contributed by atoms with van der Waals surface area (Å²) in [6.07, 6.45) is 0.0948. The number of anilines is 2. The Morgan fingerprint density at radius 1 is 1.04 bits per heavy atom. The van der Waals surface area contributed by atoms with Gasteiger partial charge in [-0.3, -0.25) is 4.79 Å². The van der Waals surface area contributed by atoms with Gasteiger partial charge in [0.25, 0.3) is 5.91 Å². The third kappa shape index (κ3) is 5.04. The lowest BCUT2D eigenvalue weighted by Crippen LogP contribution is -2.44. The van der Waals surface area contributed by atoms with E-state index < -0.39 is 6.10 Å². The van der Waals surface area contributed by atoms with Crippen LogP contribution in [0.1, 0.15) is 24.5 Å². The molecule has 1 amide bonds. The first-order chi connectivity index (χ1) is 13.5. The molecule has 1 aliphatic heterocycles. The van der Waals surface area contributed by atoms with Crippen molar-refractivity contribution in [3.63, 3.8) is 0 Å². The Balaban J connectivity index is 1.59. The maximum absolute atomic E-state index is 12.7. The molecule has 1 fully saturated rings. The highest BCUT2D eigenvalue weighted by Gasteiger charge is 2.19. The second kappa shape index (κ2) is 9.11. The zero-order chi connectivity index (χ0) is 20.1. The number of carbonyl (C=O) groups excluding carboxylic acids is 1. The summed E-state index contributed by atoms with van der Waals surface area (Å²) in [5.74, 6) is 0.614. The zero-order valence-corrected chi connectivity index (χ0v) is 17.4. The van der Waals surface area contributed by atoms with E-state index in [0.29, 0.717) is 6.42 Å². The second-order valence-electron chi connectivity index (χ2n) is 7.59. The van der Waals surface area contributed by atoms with Gasteiger partial charge in [-0.15, -0.1) is 0 Å². The molecule has 0 unspecified atom stereocenters. The molecule has 2 aromatic carbocycles. The standard InChI is InChI=1S/C23H31N3O2/c1-5-22(28-21-11-6-17(2)18(3)16-21)23(27)24-19-7-9-20(10-8-19)26-14-12-25(4)13-15-26/h6-11,16,22H,5,12-15H2,1-4H3,(H,24,27)/t22-/m0/s1. The van der Waals surface area contributed by atoms with E-state index in [4.69, 9.17) is 4.74 Å². The quantitative estimate of drug-likeness (QED) is 0.825. The van der Waals surface area contributed by atoms with Gasteiger partial charge in [0.15, 0.2) is 6.10 Å². The van der Waals surface area contributed by atoms with Gasteiger partial charge < -0.3 is 19.9 Å². The summed E-state index contributed by atoms with van der Waals surface area (Å²) < 4.78 is 5.94. The summed E-state index contributed by atoms with van der Waals surface area (Å²) in [7, 11) is 2.15. The van der Waals surface area contributed by atoms with Crippen LogP contribution in [0.2, 0.25) is 0 Å². The summed E-state index contributed by atoms with van der Waals surface area (Å²) in [6, 6.07) is 14.0. The van der Waals surface area contributed by atoms with Crippen molar-refractivity contribution < 1.29 is 9.53 Å². The van der Waals surface area contributed by atoms with Crippen molar-refractivity contribution in [2.75, 3.05) is 43.4 Å². The molecule has 1 aliphatic rings. The van der Waals surface area contributed by atoms with Gasteiger partial charge in [0.05, 0.1) is 0 Å². The molecular formula is C23H31N3O2. The SMILES string of the molecule is CC[C@H](Oc1ccc(C)c(C)c1)C(=O)Nc1ccc(N2CCN(C)CC2)cc1. The molecule has 1 heterocycles. The van der Waals surface area contributed by atoms with E-state index in [1.807, 2.05) is 44.2 Å². The summed E-state index contributed by atoms with van der Waals surface area (Å²) in [4.78, 5) is 17.4. The maximum Gasteiger partial charge on any atom is 0.265 e. The fourth-order valence-electron chi connectivity index (χ4n) is 3.32. The van der Waals surface area contributed by atoms with E-state index in [-0.39, 0.29) is 5.91 Å². The fourth-order valence-corrected chi connectivity index (χ4v) is 3.32. The number of benzene rings is 2. The van der Waals surface area contributed by atoms with Crippen LogP contribution in [-0.4, -0.2) is 50.1 Å². The third-order valence-electron chi connectivity index (χ3n) is 5.42. The Kier molecular flexibility index (Phi) is 6.57. The minimum absolute atomic E-state index is 0.118. The van der Waals surface area contributed by atoms with Crippen molar-refractivity contribution >= 4 is 17.3 Å². The highest BCUT2D eigenvalue weighted by molar-refractivity contribution is 5.94. The van der Waals surface area contributed by atoms with Crippen LogP contribution in [-0.2, 0) is 4.79 Å². The Hall–Kier alpha value is -2.53. The Morgan fingerprint density at radius 2 is 1.71 bits per heavy atom. The topological polar surface area (TPSA) is 44.8 Å². The lowest BCUT2D eigenvalue weighted by molar-refractivity contribution is -0.122. The molecular weight excluding hydrogens is 350 g/mol. The number of piperazine rings is 1. The number of carbonyl (C=O) groups is 1. The minimum atomic E-state index is -0.514. The molecule has 0 aliphatic carbocycles. The number of rotatable bonds is 6. The summed E-state index contributed by atoms with van der Waals surface area (Å²) in [5.41, 5.74) is 4.37. The Labute approximate surface area is 168 Å². The monoisotopic (exact) mass is 381 g/mol. The molecule has 5 heteroatoms. The Morgan fingerprint density at radius 3 is 2.32 bits per heavy atom. The second-order valence-corrected chi connectivity index (χ2v) is 7.59. The molecule has 0 aromatic heterocycles. The summed E-state index contributed by atoms with van der Waals surface area (Å²) in [6.45, 7) is 10.3. The van der Waals surface area contributed by atoms with Crippen molar-refractivity contribution in [1.82, 2.24) is 4.90 Å². The van der Waals surface area contributed by atoms with Gasteiger partial charge >= 0.3 is 0 Å². The number of amides is 1. The molecule has 5 nitrogen and oxygen atoms in total. The van der Waals surface area contributed by atoms with Crippen molar-refractivity contribution in [2.24, 2.45) is 0 Å². The van der Waals surface area contributed by atoms with Crippen LogP contribution in [0, 0.1) is 13.8 Å². The van der Waals surface area contributed by atoms with Crippen LogP contribution in [0.5, 0.6) is 5.75 Å². The largest absolute Gasteiger partial charge is 0.481 e. The molecule has 1 saturated heterocycles. The normalized spacial score (nSPS) is 15.9. The van der Waals surface area contributed by atoms with Crippen LogP contribution >= 0.6 is 0 Å². The first kappa shape index (κ1) is 20.2. The minimum Gasteiger partial charge on any atom is -0.481 e. The van der Waals surface area contributed by atoms with Gasteiger partial charge in [0.1, 0.15) is 5.75 Å². The number of aryl methyl sites for hydroxylation is 2. The van der Waals surface area contributed by atoms with Gasteiger partial charge in [0.2, 0.25) is 0 Å². The van der Waals surface area contributed by atoms with Gasteiger partial charge in [-0.2, -0.15) is 0 Å². The number of hydrogen-bond donors (Lipinski definition) is 1.